The van der Waals surface area contributed by atoms with E-state index in [0.29, 0.717) is 10.6 Å². The number of anilines is 2. The number of hydrogen-bond donors (Lipinski definition) is 1. The topological polar surface area (TPSA) is 32.3 Å². The molecule has 28 heavy (non-hydrogen) atoms. The Balaban J connectivity index is 1.67. The third-order valence-corrected chi connectivity index (χ3v) is 5.34. The van der Waals surface area contributed by atoms with E-state index in [2.05, 4.69) is 5.32 Å². The third-order valence-electron chi connectivity index (χ3n) is 5.08. The molecule has 3 aromatic rings. The average Bonchev–Trinajstić information content (AvgIpc) is 2.70. The van der Waals surface area contributed by atoms with E-state index in [0.717, 1.165) is 23.4 Å². The Bertz CT molecular complexity index is 988. The molecule has 0 aromatic heterocycles. The van der Waals surface area contributed by atoms with Gasteiger partial charge in [0.05, 0.1) is 6.04 Å². The molecule has 1 aliphatic rings. The van der Waals surface area contributed by atoms with Gasteiger partial charge in [-0.2, -0.15) is 0 Å². The fourth-order valence-electron chi connectivity index (χ4n) is 3.74. The number of carbonyl (C=O) groups excluding carboxylic acids is 1. The minimum absolute atomic E-state index is 0.00368. The number of nitrogens with one attached hydrogen (secondary N) is 1. The Kier molecular flexibility index (Phi) is 5.05. The van der Waals surface area contributed by atoms with Crippen LogP contribution in [0.1, 0.15) is 35.3 Å². The zero-order valence-corrected chi connectivity index (χ0v) is 16.2. The quantitative estimate of drug-likeness (QED) is 0.584. The molecule has 0 saturated heterocycles. The molecular weight excluding hydrogens is 375 g/mol. The molecule has 0 fully saturated rings. The van der Waals surface area contributed by atoms with Crippen LogP contribution in [0.2, 0.25) is 5.02 Å². The van der Waals surface area contributed by atoms with Crippen LogP contribution < -0.4 is 10.2 Å². The highest BCUT2D eigenvalue weighted by molar-refractivity contribution is 6.30. The van der Waals surface area contributed by atoms with E-state index in [1.54, 1.807) is 36.4 Å². The second-order valence-corrected chi connectivity index (χ2v) is 7.47. The van der Waals surface area contributed by atoms with E-state index in [1.165, 1.54) is 12.1 Å². The van der Waals surface area contributed by atoms with Crippen molar-refractivity contribution in [1.82, 2.24) is 0 Å². The molecule has 142 valence electrons. The standard InChI is InChI=1S/C23H20ClFN2O/c1-15-14-21(26-19-12-10-18(25)11-13-19)20-4-2-3-5-22(20)27(15)23(28)16-6-8-17(24)9-7-16/h2-13,15,21,26H,14H2,1H3/t15-,21+/m0/s1. The van der Waals surface area contributed by atoms with Crippen LogP contribution in [0.5, 0.6) is 0 Å². The Labute approximate surface area is 168 Å². The van der Waals surface area contributed by atoms with Crippen LogP contribution in [-0.2, 0) is 0 Å². The Hall–Kier alpha value is -2.85. The van der Waals surface area contributed by atoms with Crippen LogP contribution in [0.4, 0.5) is 15.8 Å². The second kappa shape index (κ2) is 7.64. The maximum Gasteiger partial charge on any atom is 0.258 e. The van der Waals surface area contributed by atoms with Crippen LogP contribution >= 0.6 is 11.6 Å². The molecule has 5 heteroatoms. The number of para-hydroxylation sites is 1. The summed E-state index contributed by atoms with van der Waals surface area (Å²) in [5, 5.41) is 4.08. The SMILES string of the molecule is C[C@H]1C[C@@H](Nc2ccc(F)cc2)c2ccccc2N1C(=O)c1ccc(Cl)cc1. The van der Waals surface area contributed by atoms with Crippen molar-refractivity contribution in [3.63, 3.8) is 0 Å². The van der Waals surface area contributed by atoms with Gasteiger partial charge in [-0.3, -0.25) is 4.79 Å². The fourth-order valence-corrected chi connectivity index (χ4v) is 3.86. The first-order valence-electron chi connectivity index (χ1n) is 9.23. The summed E-state index contributed by atoms with van der Waals surface area (Å²) in [7, 11) is 0. The first-order valence-corrected chi connectivity index (χ1v) is 9.61. The molecule has 0 spiro atoms. The number of carbonyl (C=O) groups is 1. The number of benzene rings is 3. The first-order chi connectivity index (χ1) is 13.5. The minimum Gasteiger partial charge on any atom is -0.378 e. The zero-order chi connectivity index (χ0) is 19.7. The van der Waals surface area contributed by atoms with Gasteiger partial charge in [-0.1, -0.05) is 29.8 Å². The van der Waals surface area contributed by atoms with Gasteiger partial charge in [0.1, 0.15) is 5.82 Å². The molecule has 2 atom stereocenters. The van der Waals surface area contributed by atoms with Crippen molar-refractivity contribution < 1.29 is 9.18 Å². The van der Waals surface area contributed by atoms with Gasteiger partial charge in [0.2, 0.25) is 0 Å². The number of halogens is 2. The van der Waals surface area contributed by atoms with Gasteiger partial charge in [-0.05, 0) is 73.5 Å². The maximum atomic E-state index is 13.2. The Morgan fingerprint density at radius 1 is 1.04 bits per heavy atom. The van der Waals surface area contributed by atoms with Crippen LogP contribution in [0.15, 0.2) is 72.8 Å². The normalized spacial score (nSPS) is 18.5. The number of amides is 1. The predicted octanol–water partition coefficient (Wildman–Crippen LogP) is 6.07. The van der Waals surface area contributed by atoms with Crippen molar-refractivity contribution in [3.05, 3.63) is 94.8 Å². The van der Waals surface area contributed by atoms with Crippen molar-refractivity contribution >= 4 is 28.9 Å². The summed E-state index contributed by atoms with van der Waals surface area (Å²) >= 11 is 5.96. The van der Waals surface area contributed by atoms with Gasteiger partial charge in [0.15, 0.2) is 0 Å². The van der Waals surface area contributed by atoms with Crippen molar-refractivity contribution in [2.24, 2.45) is 0 Å². The van der Waals surface area contributed by atoms with Crippen molar-refractivity contribution in [2.45, 2.75) is 25.4 Å². The van der Waals surface area contributed by atoms with Gasteiger partial charge < -0.3 is 10.2 Å². The van der Waals surface area contributed by atoms with Gasteiger partial charge >= 0.3 is 0 Å². The highest BCUT2D eigenvalue weighted by Crippen LogP contribution is 2.39. The Morgan fingerprint density at radius 3 is 2.43 bits per heavy atom. The molecule has 1 amide bonds. The van der Waals surface area contributed by atoms with E-state index in [4.69, 9.17) is 11.6 Å². The molecule has 0 unspecified atom stereocenters. The molecule has 0 bridgehead atoms. The monoisotopic (exact) mass is 394 g/mol. The van der Waals surface area contributed by atoms with Crippen LogP contribution in [-0.4, -0.2) is 11.9 Å². The molecule has 3 aromatic carbocycles. The highest BCUT2D eigenvalue weighted by Gasteiger charge is 2.34. The second-order valence-electron chi connectivity index (χ2n) is 7.03. The lowest BCUT2D eigenvalue weighted by Crippen LogP contribution is -2.44. The van der Waals surface area contributed by atoms with Crippen molar-refractivity contribution in [2.75, 3.05) is 10.2 Å². The number of nitrogens with zero attached hydrogens (tertiary/aromatic N) is 1. The summed E-state index contributed by atoms with van der Waals surface area (Å²) < 4.78 is 13.2. The zero-order valence-electron chi connectivity index (χ0n) is 15.4. The largest absolute Gasteiger partial charge is 0.378 e. The van der Waals surface area contributed by atoms with Gasteiger partial charge in [0, 0.05) is 28.0 Å². The fraction of sp³-hybridized carbons (Fsp3) is 0.174. The summed E-state index contributed by atoms with van der Waals surface area (Å²) in [5.41, 5.74) is 3.40. The van der Waals surface area contributed by atoms with Gasteiger partial charge in [-0.25, -0.2) is 4.39 Å². The number of hydrogen-bond acceptors (Lipinski definition) is 2. The minimum atomic E-state index is -0.261. The van der Waals surface area contributed by atoms with Crippen LogP contribution in [0, 0.1) is 5.82 Å². The third kappa shape index (κ3) is 3.60. The molecule has 4 rings (SSSR count). The molecule has 1 heterocycles. The number of rotatable bonds is 3. The molecule has 0 radical (unpaired) electrons. The van der Waals surface area contributed by atoms with Gasteiger partial charge in [0.25, 0.3) is 5.91 Å². The molecule has 3 nitrogen and oxygen atoms in total. The van der Waals surface area contributed by atoms with E-state index in [9.17, 15) is 9.18 Å². The average molecular weight is 395 g/mol. The summed E-state index contributed by atoms with van der Waals surface area (Å²) in [6.45, 7) is 2.04. The Morgan fingerprint density at radius 2 is 1.71 bits per heavy atom. The summed E-state index contributed by atoms with van der Waals surface area (Å²) in [4.78, 5) is 15.1. The lowest BCUT2D eigenvalue weighted by atomic mass is 9.90. The van der Waals surface area contributed by atoms with Gasteiger partial charge in [-0.15, -0.1) is 0 Å². The van der Waals surface area contributed by atoms with Crippen molar-refractivity contribution in [3.8, 4) is 0 Å². The smallest absolute Gasteiger partial charge is 0.258 e. The van der Waals surface area contributed by atoms with Crippen LogP contribution in [0.25, 0.3) is 0 Å². The molecule has 1 aliphatic heterocycles. The molecular formula is C23H20ClFN2O. The van der Waals surface area contributed by atoms with E-state index < -0.39 is 0 Å². The maximum absolute atomic E-state index is 13.2. The van der Waals surface area contributed by atoms with Crippen molar-refractivity contribution in [1.29, 1.82) is 0 Å². The van der Waals surface area contributed by atoms with E-state index >= 15 is 0 Å². The first kappa shape index (κ1) is 18.5. The van der Waals surface area contributed by atoms with E-state index in [-0.39, 0.29) is 23.8 Å². The highest BCUT2D eigenvalue weighted by atomic mass is 35.5. The predicted molar refractivity (Wildman–Crippen MR) is 112 cm³/mol. The molecule has 0 saturated carbocycles. The molecule has 0 aliphatic carbocycles. The molecule has 1 N–H and O–H groups in total. The van der Waals surface area contributed by atoms with E-state index in [1.807, 2.05) is 36.1 Å². The lowest BCUT2D eigenvalue weighted by Gasteiger charge is -2.40. The summed E-state index contributed by atoms with van der Waals surface area (Å²) in [6, 6.07) is 21.3. The lowest BCUT2D eigenvalue weighted by molar-refractivity contribution is 0.0974. The summed E-state index contributed by atoms with van der Waals surface area (Å²) in [5.74, 6) is -0.306. The number of fused-ring (bicyclic) bond motifs is 1. The summed E-state index contributed by atoms with van der Waals surface area (Å²) in [6.07, 6.45) is 0.744. The van der Waals surface area contributed by atoms with Crippen LogP contribution in [0.3, 0.4) is 0 Å².